The summed E-state index contributed by atoms with van der Waals surface area (Å²) in [5.41, 5.74) is 0.00299. The summed E-state index contributed by atoms with van der Waals surface area (Å²) < 4.78 is 2.11. The number of aromatic nitrogens is 3. The van der Waals surface area contributed by atoms with E-state index in [-0.39, 0.29) is 18.1 Å². The Kier molecular flexibility index (Phi) is 2.10. The van der Waals surface area contributed by atoms with Crippen molar-refractivity contribution in [1.29, 1.82) is 0 Å². The van der Waals surface area contributed by atoms with Crippen LogP contribution < -0.4 is 0 Å². The molecule has 0 saturated carbocycles. The summed E-state index contributed by atoms with van der Waals surface area (Å²) in [5.74, 6) is 2.01. The fraction of sp³-hybridized carbons (Fsp3) is 0.800. The van der Waals surface area contributed by atoms with Gasteiger partial charge in [-0.3, -0.25) is 0 Å². The van der Waals surface area contributed by atoms with Crippen LogP contribution in [0.5, 0.6) is 0 Å². The third kappa shape index (κ3) is 1.34. The lowest BCUT2D eigenvalue weighted by atomic mass is 9.95. The molecule has 0 aliphatic carbocycles. The predicted molar refractivity (Wildman–Crippen MR) is 53.2 cm³/mol. The van der Waals surface area contributed by atoms with Crippen molar-refractivity contribution in [2.45, 2.75) is 45.1 Å². The molecule has 1 atom stereocenters. The molecule has 0 radical (unpaired) electrons. The molecule has 0 amide bonds. The number of hydrogen-bond donors (Lipinski definition) is 1. The number of fused-ring (bicyclic) bond motifs is 1. The molecule has 1 aromatic rings. The Balaban J connectivity index is 2.45. The molecule has 4 nitrogen and oxygen atoms in total. The average molecular weight is 195 g/mol. The van der Waals surface area contributed by atoms with E-state index in [1.807, 2.05) is 0 Å². The van der Waals surface area contributed by atoms with E-state index in [1.165, 1.54) is 0 Å². The maximum Gasteiger partial charge on any atom is 0.138 e. The lowest BCUT2D eigenvalue weighted by Crippen LogP contribution is -2.22. The van der Waals surface area contributed by atoms with Crippen LogP contribution in [-0.2, 0) is 11.8 Å². The van der Waals surface area contributed by atoms with E-state index < -0.39 is 0 Å². The summed E-state index contributed by atoms with van der Waals surface area (Å²) in [4.78, 5) is 0. The zero-order chi connectivity index (χ0) is 10.3. The number of hydrogen-bond acceptors (Lipinski definition) is 3. The number of nitrogens with zero attached hydrogens (tertiary/aromatic N) is 3. The van der Waals surface area contributed by atoms with Gasteiger partial charge in [-0.1, -0.05) is 20.8 Å². The Morgan fingerprint density at radius 1 is 1.43 bits per heavy atom. The van der Waals surface area contributed by atoms with Crippen LogP contribution in [0.25, 0.3) is 0 Å². The van der Waals surface area contributed by atoms with E-state index in [9.17, 15) is 5.11 Å². The van der Waals surface area contributed by atoms with Crippen LogP contribution in [0.2, 0.25) is 0 Å². The number of rotatable bonds is 1. The minimum Gasteiger partial charge on any atom is -0.394 e. The van der Waals surface area contributed by atoms with Crippen LogP contribution in [0, 0.1) is 0 Å². The van der Waals surface area contributed by atoms with Crippen LogP contribution in [0.3, 0.4) is 0 Å². The molecule has 4 heteroatoms. The standard InChI is InChI=1S/C10H17N3O/c1-10(2,3)9-12-11-8-5-4-7(6-14)13(8)9/h7,14H,4-6H2,1-3H3. The smallest absolute Gasteiger partial charge is 0.138 e. The molecule has 0 fully saturated rings. The van der Waals surface area contributed by atoms with Gasteiger partial charge in [0.05, 0.1) is 12.6 Å². The zero-order valence-electron chi connectivity index (χ0n) is 8.99. The van der Waals surface area contributed by atoms with Gasteiger partial charge in [-0.15, -0.1) is 10.2 Å². The highest BCUT2D eigenvalue weighted by Crippen LogP contribution is 2.31. The summed E-state index contributed by atoms with van der Waals surface area (Å²) in [5, 5.41) is 17.6. The lowest BCUT2D eigenvalue weighted by Gasteiger charge is -2.21. The summed E-state index contributed by atoms with van der Waals surface area (Å²) in [6, 6.07) is 0.189. The topological polar surface area (TPSA) is 50.9 Å². The molecule has 1 aliphatic rings. The highest BCUT2D eigenvalue weighted by Gasteiger charge is 2.31. The number of aliphatic hydroxyl groups is 1. The number of aliphatic hydroxyl groups excluding tert-OH is 1. The van der Waals surface area contributed by atoms with Gasteiger partial charge in [0, 0.05) is 11.8 Å². The molecule has 0 spiro atoms. The van der Waals surface area contributed by atoms with Crippen molar-refractivity contribution in [2.24, 2.45) is 0 Å². The van der Waals surface area contributed by atoms with Crippen molar-refractivity contribution in [2.75, 3.05) is 6.61 Å². The minimum absolute atomic E-state index is 0.00299. The van der Waals surface area contributed by atoms with Crippen molar-refractivity contribution >= 4 is 0 Å². The molecule has 2 heterocycles. The lowest BCUT2D eigenvalue weighted by molar-refractivity contribution is 0.227. The molecule has 0 aromatic carbocycles. The normalized spacial score (nSPS) is 21.3. The Hall–Kier alpha value is -0.900. The third-order valence-corrected chi connectivity index (χ3v) is 2.71. The maximum absolute atomic E-state index is 9.24. The van der Waals surface area contributed by atoms with Gasteiger partial charge in [-0.2, -0.15) is 0 Å². The molecule has 2 rings (SSSR count). The Morgan fingerprint density at radius 2 is 2.14 bits per heavy atom. The molecule has 14 heavy (non-hydrogen) atoms. The van der Waals surface area contributed by atoms with Crippen molar-refractivity contribution in [1.82, 2.24) is 14.8 Å². The Bertz CT molecular complexity index is 338. The van der Waals surface area contributed by atoms with E-state index in [4.69, 9.17) is 0 Å². The largest absolute Gasteiger partial charge is 0.394 e. The van der Waals surface area contributed by atoms with Gasteiger partial charge in [0.25, 0.3) is 0 Å². The molecule has 0 saturated heterocycles. The first-order chi connectivity index (χ1) is 6.54. The molecule has 1 unspecified atom stereocenters. The SMILES string of the molecule is CC(C)(C)c1nnc2n1C(CO)CC2. The average Bonchev–Trinajstić information content (AvgIpc) is 2.59. The van der Waals surface area contributed by atoms with Gasteiger partial charge >= 0.3 is 0 Å². The fourth-order valence-electron chi connectivity index (χ4n) is 1.99. The van der Waals surface area contributed by atoms with Gasteiger partial charge in [0.1, 0.15) is 11.6 Å². The van der Waals surface area contributed by atoms with Gasteiger partial charge in [-0.05, 0) is 6.42 Å². The maximum atomic E-state index is 9.24. The second-order valence-corrected chi connectivity index (χ2v) is 4.93. The Labute approximate surface area is 84.0 Å². The number of aryl methyl sites for hydroxylation is 1. The van der Waals surface area contributed by atoms with Crippen LogP contribution in [0.15, 0.2) is 0 Å². The van der Waals surface area contributed by atoms with Crippen molar-refractivity contribution < 1.29 is 5.11 Å². The van der Waals surface area contributed by atoms with E-state index in [1.54, 1.807) is 0 Å². The van der Waals surface area contributed by atoms with Gasteiger partial charge < -0.3 is 9.67 Å². The van der Waals surface area contributed by atoms with E-state index in [0.717, 1.165) is 24.5 Å². The molecular formula is C10H17N3O. The highest BCUT2D eigenvalue weighted by molar-refractivity contribution is 5.11. The summed E-state index contributed by atoms with van der Waals surface area (Å²) >= 11 is 0. The van der Waals surface area contributed by atoms with Crippen LogP contribution in [0.1, 0.15) is 44.9 Å². The molecule has 1 aromatic heterocycles. The molecule has 78 valence electrons. The second kappa shape index (κ2) is 3.05. The second-order valence-electron chi connectivity index (χ2n) is 4.93. The van der Waals surface area contributed by atoms with Crippen LogP contribution in [-0.4, -0.2) is 26.5 Å². The van der Waals surface area contributed by atoms with Gasteiger partial charge in [0.2, 0.25) is 0 Å². The Morgan fingerprint density at radius 3 is 2.71 bits per heavy atom. The van der Waals surface area contributed by atoms with E-state index >= 15 is 0 Å². The monoisotopic (exact) mass is 195 g/mol. The highest BCUT2D eigenvalue weighted by atomic mass is 16.3. The van der Waals surface area contributed by atoms with Crippen molar-refractivity contribution in [3.05, 3.63) is 11.6 Å². The summed E-state index contributed by atoms with van der Waals surface area (Å²) in [7, 11) is 0. The van der Waals surface area contributed by atoms with Crippen molar-refractivity contribution in [3.8, 4) is 0 Å². The predicted octanol–water partition coefficient (Wildman–Crippen LogP) is 1.06. The first kappa shape index (κ1) is 9.65. The first-order valence-electron chi connectivity index (χ1n) is 5.09. The van der Waals surface area contributed by atoms with E-state index in [2.05, 4.69) is 35.5 Å². The van der Waals surface area contributed by atoms with Gasteiger partial charge in [0.15, 0.2) is 0 Å². The van der Waals surface area contributed by atoms with Crippen LogP contribution in [0.4, 0.5) is 0 Å². The van der Waals surface area contributed by atoms with E-state index in [0.29, 0.717) is 0 Å². The zero-order valence-corrected chi connectivity index (χ0v) is 8.99. The molecular weight excluding hydrogens is 178 g/mol. The summed E-state index contributed by atoms with van der Waals surface area (Å²) in [6.45, 7) is 6.55. The van der Waals surface area contributed by atoms with Crippen molar-refractivity contribution in [3.63, 3.8) is 0 Å². The van der Waals surface area contributed by atoms with Crippen LogP contribution >= 0.6 is 0 Å². The third-order valence-electron chi connectivity index (χ3n) is 2.71. The minimum atomic E-state index is 0.00299. The first-order valence-corrected chi connectivity index (χ1v) is 5.09. The fourth-order valence-corrected chi connectivity index (χ4v) is 1.99. The molecule has 0 bridgehead atoms. The molecule has 1 aliphatic heterocycles. The summed E-state index contributed by atoms with van der Waals surface area (Å²) in [6.07, 6.45) is 1.93. The molecule has 1 N–H and O–H groups in total. The van der Waals surface area contributed by atoms with Gasteiger partial charge in [-0.25, -0.2) is 0 Å². The quantitative estimate of drug-likeness (QED) is 0.729.